The number of nitrogens with two attached hydrogens (primary N) is 1. The predicted octanol–water partition coefficient (Wildman–Crippen LogP) is 0.902. The monoisotopic (exact) mass is 159 g/mol. The third kappa shape index (κ3) is 9.46. The molecule has 0 amide bonds. The molecule has 0 aromatic heterocycles. The maximum atomic E-state index is 5.33. The largest absolute Gasteiger partial charge is 0.402 e. The van der Waals surface area contributed by atoms with Crippen LogP contribution in [0.3, 0.4) is 0 Å². The molecule has 0 radical (unpaired) electrons. The molecule has 0 spiro atoms. The zero-order chi connectivity index (χ0) is 8.53. The quantitative estimate of drug-likeness (QED) is 0.561. The van der Waals surface area contributed by atoms with Gasteiger partial charge in [-0.3, -0.25) is 0 Å². The summed E-state index contributed by atoms with van der Waals surface area (Å²) >= 11 is 0. The molecule has 0 rings (SSSR count). The number of ether oxygens (including phenoxy) is 2. The van der Waals surface area contributed by atoms with Crippen LogP contribution < -0.4 is 5.73 Å². The molecule has 0 aromatic carbocycles. The highest BCUT2D eigenvalue weighted by Gasteiger charge is 1.88. The summed E-state index contributed by atoms with van der Waals surface area (Å²) in [4.78, 5) is 0. The lowest BCUT2D eigenvalue weighted by atomic mass is 10.4. The molecule has 0 saturated carbocycles. The molecule has 11 heavy (non-hydrogen) atoms. The van der Waals surface area contributed by atoms with E-state index in [0.717, 1.165) is 13.0 Å². The van der Waals surface area contributed by atoms with Crippen LogP contribution in [0.4, 0.5) is 0 Å². The van der Waals surface area contributed by atoms with Crippen LogP contribution in [0.25, 0.3) is 0 Å². The Hall–Kier alpha value is -0.540. The van der Waals surface area contributed by atoms with E-state index in [1.54, 1.807) is 0 Å². The first kappa shape index (κ1) is 10.5. The van der Waals surface area contributed by atoms with Gasteiger partial charge in [-0.2, -0.15) is 0 Å². The fourth-order valence-corrected chi connectivity index (χ4v) is 0.568. The number of hydrogen-bond donors (Lipinski definition) is 1. The Morgan fingerprint density at radius 1 is 1.27 bits per heavy atom. The van der Waals surface area contributed by atoms with Gasteiger partial charge in [0.2, 0.25) is 0 Å². The van der Waals surface area contributed by atoms with E-state index in [9.17, 15) is 0 Å². The first-order valence-corrected chi connectivity index (χ1v) is 3.86. The summed E-state index contributed by atoms with van der Waals surface area (Å²) in [6.07, 6.45) is 0.728. The van der Waals surface area contributed by atoms with Crippen molar-refractivity contribution >= 4 is 0 Å². The molecule has 66 valence electrons. The van der Waals surface area contributed by atoms with Crippen LogP contribution >= 0.6 is 0 Å². The molecular weight excluding hydrogens is 142 g/mol. The highest BCUT2D eigenvalue weighted by atomic mass is 16.5. The third-order valence-electron chi connectivity index (χ3n) is 1.14. The molecular formula is C8H17NO2. The molecule has 0 heterocycles. The van der Waals surface area contributed by atoms with E-state index in [0.29, 0.717) is 25.5 Å². The highest BCUT2D eigenvalue weighted by Crippen LogP contribution is 1.88. The van der Waals surface area contributed by atoms with Crippen molar-refractivity contribution in [2.75, 3.05) is 26.4 Å². The topological polar surface area (TPSA) is 44.5 Å². The van der Waals surface area contributed by atoms with Crippen LogP contribution in [-0.4, -0.2) is 26.4 Å². The molecule has 0 aliphatic rings. The molecule has 3 nitrogen and oxygen atoms in total. The van der Waals surface area contributed by atoms with Gasteiger partial charge in [0.15, 0.2) is 0 Å². The van der Waals surface area contributed by atoms with Gasteiger partial charge in [0.1, 0.15) is 0 Å². The molecule has 0 aliphatic carbocycles. The number of rotatable bonds is 7. The Morgan fingerprint density at radius 3 is 2.45 bits per heavy atom. The predicted molar refractivity (Wildman–Crippen MR) is 45.3 cm³/mol. The minimum Gasteiger partial charge on any atom is -0.402 e. The van der Waals surface area contributed by atoms with Crippen LogP contribution in [0.2, 0.25) is 0 Å². The first-order valence-electron chi connectivity index (χ1n) is 3.86. The van der Waals surface area contributed by atoms with Gasteiger partial charge in [-0.25, -0.2) is 0 Å². The van der Waals surface area contributed by atoms with Gasteiger partial charge in [0.05, 0.1) is 19.8 Å². The van der Waals surface area contributed by atoms with Crippen molar-refractivity contribution < 1.29 is 9.47 Å². The van der Waals surface area contributed by atoms with E-state index < -0.39 is 0 Å². The van der Waals surface area contributed by atoms with Crippen LogP contribution in [0.5, 0.6) is 0 Å². The second-order valence-electron chi connectivity index (χ2n) is 2.22. The fraction of sp³-hybridized carbons (Fsp3) is 0.750. The summed E-state index contributed by atoms with van der Waals surface area (Å²) in [6, 6.07) is 0. The Morgan fingerprint density at radius 2 is 1.91 bits per heavy atom. The van der Waals surface area contributed by atoms with Crippen molar-refractivity contribution in [2.45, 2.75) is 13.3 Å². The minimum atomic E-state index is 0.640. The van der Waals surface area contributed by atoms with Crippen molar-refractivity contribution in [1.29, 1.82) is 0 Å². The Balaban J connectivity index is 2.85. The lowest BCUT2D eigenvalue weighted by Gasteiger charge is -2.03. The van der Waals surface area contributed by atoms with E-state index in [1.807, 2.05) is 6.92 Å². The van der Waals surface area contributed by atoms with Crippen LogP contribution in [0.1, 0.15) is 13.3 Å². The van der Waals surface area contributed by atoms with Crippen molar-refractivity contribution in [2.24, 2.45) is 5.73 Å². The zero-order valence-corrected chi connectivity index (χ0v) is 7.14. The number of hydrogen-bond acceptors (Lipinski definition) is 3. The second-order valence-corrected chi connectivity index (χ2v) is 2.22. The summed E-state index contributed by atoms with van der Waals surface area (Å²) in [7, 11) is 0. The second kappa shape index (κ2) is 7.57. The average Bonchev–Trinajstić information content (AvgIpc) is 1.96. The maximum Gasteiger partial charge on any atom is 0.0700 e. The van der Waals surface area contributed by atoms with E-state index >= 15 is 0 Å². The molecule has 0 aromatic rings. The van der Waals surface area contributed by atoms with Gasteiger partial charge in [0.25, 0.3) is 0 Å². The summed E-state index contributed by atoms with van der Waals surface area (Å²) < 4.78 is 10.2. The fourth-order valence-electron chi connectivity index (χ4n) is 0.568. The van der Waals surface area contributed by atoms with Gasteiger partial charge in [-0.15, -0.1) is 0 Å². The van der Waals surface area contributed by atoms with E-state index in [4.69, 9.17) is 15.2 Å². The molecule has 0 fully saturated rings. The Kier molecular flexibility index (Phi) is 7.19. The van der Waals surface area contributed by atoms with E-state index in [-0.39, 0.29) is 0 Å². The van der Waals surface area contributed by atoms with Gasteiger partial charge in [0, 0.05) is 18.7 Å². The maximum absolute atomic E-state index is 5.33. The molecule has 0 unspecified atom stereocenters. The van der Waals surface area contributed by atoms with E-state index in [2.05, 4.69) is 6.58 Å². The molecule has 0 aliphatic heterocycles. The highest BCUT2D eigenvalue weighted by molar-refractivity contribution is 4.84. The summed E-state index contributed by atoms with van der Waals surface area (Å²) in [5.41, 5.74) is 6.00. The summed E-state index contributed by atoms with van der Waals surface area (Å²) in [5.74, 6) is 0. The zero-order valence-electron chi connectivity index (χ0n) is 7.14. The van der Waals surface area contributed by atoms with E-state index in [1.165, 1.54) is 0 Å². The van der Waals surface area contributed by atoms with Crippen LogP contribution in [-0.2, 0) is 9.47 Å². The summed E-state index contributed by atoms with van der Waals surface area (Å²) in [6.45, 7) is 8.20. The standard InChI is InChI=1S/C8H17NO2/c1-3-10-6-7-11-5-4-8(2)9/h2-7,9H2,1H3. The minimum absolute atomic E-state index is 0.640. The average molecular weight is 159 g/mol. The van der Waals surface area contributed by atoms with Gasteiger partial charge in [-0.05, 0) is 6.92 Å². The lowest BCUT2D eigenvalue weighted by Crippen LogP contribution is -2.07. The Labute approximate surface area is 68.2 Å². The summed E-state index contributed by atoms with van der Waals surface area (Å²) in [5, 5.41) is 0. The molecule has 0 saturated heterocycles. The first-order chi connectivity index (χ1) is 5.27. The van der Waals surface area contributed by atoms with Crippen molar-refractivity contribution in [3.8, 4) is 0 Å². The van der Waals surface area contributed by atoms with Crippen LogP contribution in [0.15, 0.2) is 12.3 Å². The van der Waals surface area contributed by atoms with Crippen molar-refractivity contribution in [3.05, 3.63) is 12.3 Å². The molecule has 0 atom stereocenters. The third-order valence-corrected chi connectivity index (χ3v) is 1.14. The SMILES string of the molecule is C=C(N)CCOCCOCC. The molecule has 3 heteroatoms. The normalized spacial score (nSPS) is 9.91. The van der Waals surface area contributed by atoms with Crippen molar-refractivity contribution in [1.82, 2.24) is 0 Å². The van der Waals surface area contributed by atoms with Crippen molar-refractivity contribution in [3.63, 3.8) is 0 Å². The molecule has 2 N–H and O–H groups in total. The lowest BCUT2D eigenvalue weighted by molar-refractivity contribution is 0.0540. The van der Waals surface area contributed by atoms with Gasteiger partial charge >= 0.3 is 0 Å². The smallest absolute Gasteiger partial charge is 0.0700 e. The van der Waals surface area contributed by atoms with Gasteiger partial charge in [-0.1, -0.05) is 6.58 Å². The molecule has 0 bridgehead atoms. The van der Waals surface area contributed by atoms with Crippen LogP contribution in [0, 0.1) is 0 Å². The van der Waals surface area contributed by atoms with Gasteiger partial charge < -0.3 is 15.2 Å². The Bertz CT molecular complexity index is 104.